The van der Waals surface area contributed by atoms with Gasteiger partial charge in [-0.3, -0.25) is 0 Å². The summed E-state index contributed by atoms with van der Waals surface area (Å²) in [5, 5.41) is 1.48. The Morgan fingerprint density at radius 3 is 2.00 bits per heavy atom. The first-order chi connectivity index (χ1) is 7.74. The van der Waals surface area contributed by atoms with Gasteiger partial charge in [-0.15, -0.1) is 19.7 Å². The van der Waals surface area contributed by atoms with Crippen molar-refractivity contribution < 1.29 is 0 Å². The van der Waals surface area contributed by atoms with Crippen molar-refractivity contribution in [1.82, 2.24) is 0 Å². The standard InChI is InChI=1S/C15H20Si/c1-4-7-12-10-11-15(16)14(9-6-3)13(12)8-5-2/h4-6,10-11H,1-3,7-9H2,16H3. The molecule has 16 heavy (non-hydrogen) atoms. The van der Waals surface area contributed by atoms with Gasteiger partial charge < -0.3 is 0 Å². The van der Waals surface area contributed by atoms with Crippen molar-refractivity contribution in [2.24, 2.45) is 0 Å². The third-order valence-electron chi connectivity index (χ3n) is 2.82. The van der Waals surface area contributed by atoms with Crippen LogP contribution in [0.25, 0.3) is 0 Å². The summed E-state index contributed by atoms with van der Waals surface area (Å²) in [4.78, 5) is 0. The van der Waals surface area contributed by atoms with Crippen LogP contribution in [-0.2, 0) is 19.3 Å². The maximum Gasteiger partial charge on any atom is 0.0388 e. The molecule has 0 radical (unpaired) electrons. The summed E-state index contributed by atoms with van der Waals surface area (Å²) in [7, 11) is 1.09. The minimum atomic E-state index is 0.940. The van der Waals surface area contributed by atoms with Gasteiger partial charge in [0.2, 0.25) is 0 Å². The van der Waals surface area contributed by atoms with Crippen molar-refractivity contribution >= 4 is 15.4 Å². The fraction of sp³-hybridized carbons (Fsp3) is 0.200. The lowest BCUT2D eigenvalue weighted by atomic mass is 9.94. The molecule has 0 aliphatic heterocycles. The van der Waals surface area contributed by atoms with Crippen LogP contribution in [0.3, 0.4) is 0 Å². The van der Waals surface area contributed by atoms with Crippen LogP contribution >= 0.6 is 0 Å². The van der Waals surface area contributed by atoms with Crippen molar-refractivity contribution in [3.63, 3.8) is 0 Å². The Morgan fingerprint density at radius 2 is 1.44 bits per heavy atom. The highest BCUT2D eigenvalue weighted by Crippen LogP contribution is 2.16. The molecule has 0 bridgehead atoms. The predicted octanol–water partition coefficient (Wildman–Crippen LogP) is 1.86. The summed E-state index contributed by atoms with van der Waals surface area (Å²) in [5.74, 6) is 0. The Balaban J connectivity index is 3.28. The lowest BCUT2D eigenvalue weighted by molar-refractivity contribution is 1.10. The van der Waals surface area contributed by atoms with Gasteiger partial charge in [-0.2, -0.15) is 0 Å². The average Bonchev–Trinajstić information content (AvgIpc) is 2.27. The fourth-order valence-corrected chi connectivity index (χ4v) is 2.71. The molecule has 0 aromatic heterocycles. The minimum Gasteiger partial charge on any atom is -0.103 e. The van der Waals surface area contributed by atoms with E-state index in [0.29, 0.717) is 0 Å². The van der Waals surface area contributed by atoms with Crippen LogP contribution in [0.4, 0.5) is 0 Å². The van der Waals surface area contributed by atoms with Gasteiger partial charge in [0, 0.05) is 10.2 Å². The smallest absolute Gasteiger partial charge is 0.0388 e. The fourth-order valence-electron chi connectivity index (χ4n) is 2.03. The normalized spacial score (nSPS) is 10.0. The summed E-state index contributed by atoms with van der Waals surface area (Å²) >= 11 is 0. The van der Waals surface area contributed by atoms with Crippen molar-refractivity contribution in [1.29, 1.82) is 0 Å². The van der Waals surface area contributed by atoms with Crippen LogP contribution < -0.4 is 5.19 Å². The quantitative estimate of drug-likeness (QED) is 0.515. The highest BCUT2D eigenvalue weighted by atomic mass is 28.1. The second kappa shape index (κ2) is 6.29. The van der Waals surface area contributed by atoms with E-state index in [9.17, 15) is 0 Å². The van der Waals surface area contributed by atoms with Gasteiger partial charge in [-0.05, 0) is 36.0 Å². The molecule has 0 atom stereocenters. The molecule has 1 heteroatoms. The molecule has 0 aliphatic carbocycles. The first-order valence-electron chi connectivity index (χ1n) is 5.67. The Kier molecular flexibility index (Phi) is 5.00. The number of hydrogen-bond acceptors (Lipinski definition) is 0. The van der Waals surface area contributed by atoms with Crippen LogP contribution in [0.1, 0.15) is 16.7 Å². The van der Waals surface area contributed by atoms with Crippen LogP contribution in [0, 0.1) is 0 Å². The van der Waals surface area contributed by atoms with Crippen LogP contribution in [0.15, 0.2) is 50.1 Å². The second-order valence-electron chi connectivity index (χ2n) is 3.98. The summed E-state index contributed by atoms with van der Waals surface area (Å²) in [5.41, 5.74) is 4.27. The van der Waals surface area contributed by atoms with Crippen LogP contribution in [-0.4, -0.2) is 10.2 Å². The first-order valence-corrected chi connectivity index (χ1v) is 6.67. The molecule has 84 valence electrons. The first kappa shape index (κ1) is 12.7. The summed E-state index contributed by atoms with van der Waals surface area (Å²) in [6.07, 6.45) is 8.79. The van der Waals surface area contributed by atoms with E-state index >= 15 is 0 Å². The second-order valence-corrected chi connectivity index (χ2v) is 5.05. The summed E-state index contributed by atoms with van der Waals surface area (Å²) in [6.45, 7) is 11.5. The van der Waals surface area contributed by atoms with Gasteiger partial charge in [0.15, 0.2) is 0 Å². The predicted molar refractivity (Wildman–Crippen MR) is 77.7 cm³/mol. The molecule has 0 N–H and O–H groups in total. The molecule has 0 fully saturated rings. The topological polar surface area (TPSA) is 0 Å². The summed E-state index contributed by atoms with van der Waals surface area (Å²) < 4.78 is 0. The monoisotopic (exact) mass is 228 g/mol. The zero-order valence-corrected chi connectivity index (χ0v) is 12.1. The van der Waals surface area contributed by atoms with E-state index in [1.807, 2.05) is 18.2 Å². The molecule has 0 nitrogen and oxygen atoms in total. The van der Waals surface area contributed by atoms with Crippen molar-refractivity contribution in [2.45, 2.75) is 19.3 Å². The molecule has 1 aromatic rings. The van der Waals surface area contributed by atoms with Gasteiger partial charge in [-0.1, -0.05) is 35.5 Å². The van der Waals surface area contributed by atoms with E-state index in [1.54, 1.807) is 0 Å². The van der Waals surface area contributed by atoms with E-state index in [4.69, 9.17) is 0 Å². The van der Waals surface area contributed by atoms with E-state index in [0.717, 1.165) is 29.5 Å². The van der Waals surface area contributed by atoms with Crippen LogP contribution in [0.5, 0.6) is 0 Å². The van der Waals surface area contributed by atoms with E-state index in [-0.39, 0.29) is 0 Å². The molecule has 0 amide bonds. The Labute approximate surface area is 102 Å². The molecule has 0 spiro atoms. The summed E-state index contributed by atoms with van der Waals surface area (Å²) in [6, 6.07) is 4.48. The molecular formula is C15H20Si. The average molecular weight is 228 g/mol. The van der Waals surface area contributed by atoms with Crippen molar-refractivity contribution in [3.8, 4) is 0 Å². The Morgan fingerprint density at radius 1 is 0.875 bits per heavy atom. The Bertz CT molecular complexity index is 402. The number of allylic oxidation sites excluding steroid dienone is 3. The van der Waals surface area contributed by atoms with Crippen molar-refractivity contribution in [2.75, 3.05) is 0 Å². The van der Waals surface area contributed by atoms with E-state index in [1.165, 1.54) is 21.9 Å². The van der Waals surface area contributed by atoms with Crippen molar-refractivity contribution in [3.05, 3.63) is 66.8 Å². The van der Waals surface area contributed by atoms with Gasteiger partial charge in [0.25, 0.3) is 0 Å². The SMILES string of the molecule is C=CCc1ccc([SiH3])c(CC=C)c1CC=C. The van der Waals surface area contributed by atoms with Gasteiger partial charge in [-0.25, -0.2) is 0 Å². The van der Waals surface area contributed by atoms with Gasteiger partial charge in [0.1, 0.15) is 0 Å². The molecular weight excluding hydrogens is 208 g/mol. The highest BCUT2D eigenvalue weighted by molar-refractivity contribution is 6.33. The third-order valence-corrected chi connectivity index (χ3v) is 3.76. The molecule has 0 unspecified atom stereocenters. The molecule has 1 rings (SSSR count). The zero-order chi connectivity index (χ0) is 12.0. The zero-order valence-electron chi connectivity index (χ0n) is 10.1. The molecule has 0 saturated carbocycles. The minimum absolute atomic E-state index is 0.940. The largest absolute Gasteiger partial charge is 0.103 e. The van der Waals surface area contributed by atoms with E-state index in [2.05, 4.69) is 31.9 Å². The van der Waals surface area contributed by atoms with E-state index < -0.39 is 0 Å². The van der Waals surface area contributed by atoms with Crippen LogP contribution in [0.2, 0.25) is 0 Å². The molecule has 0 saturated heterocycles. The van der Waals surface area contributed by atoms with Gasteiger partial charge >= 0.3 is 0 Å². The molecule has 0 heterocycles. The number of benzene rings is 1. The lowest BCUT2D eigenvalue weighted by Crippen LogP contribution is -2.14. The maximum absolute atomic E-state index is 3.85. The number of hydrogen-bond donors (Lipinski definition) is 0. The Hall–Kier alpha value is -1.34. The molecule has 0 aliphatic rings. The lowest BCUT2D eigenvalue weighted by Gasteiger charge is -2.14. The van der Waals surface area contributed by atoms with Gasteiger partial charge in [0.05, 0.1) is 0 Å². The number of rotatable bonds is 6. The maximum atomic E-state index is 3.85. The molecule has 1 aromatic carbocycles. The third kappa shape index (κ3) is 2.83. The highest BCUT2D eigenvalue weighted by Gasteiger charge is 2.07.